The van der Waals surface area contributed by atoms with Gasteiger partial charge in [-0.2, -0.15) is 4.31 Å². The smallest absolute Gasteiger partial charge is 0.347 e. The first-order valence-electron chi connectivity index (χ1n) is 9.57. The van der Waals surface area contributed by atoms with Crippen LogP contribution in [-0.2, 0) is 14.8 Å². The second-order valence-electron chi connectivity index (χ2n) is 6.86. The monoisotopic (exact) mass is 461 g/mol. The largest absolute Gasteiger partial charge is 0.496 e. The van der Waals surface area contributed by atoms with Gasteiger partial charge in [-0.1, -0.05) is 35.9 Å². The molecule has 0 saturated carbocycles. The summed E-state index contributed by atoms with van der Waals surface area (Å²) in [6.45, 7) is 1.16. The number of rotatable bonds is 5. The Bertz CT molecular complexity index is 1240. The van der Waals surface area contributed by atoms with Gasteiger partial charge in [-0.25, -0.2) is 13.2 Å². The zero-order chi connectivity index (χ0) is 22.0. The topological polar surface area (TPSA) is 82.1 Å². The molecule has 3 aromatic carbocycles. The van der Waals surface area contributed by atoms with E-state index in [0.717, 1.165) is 5.39 Å². The van der Waals surface area contributed by atoms with Crippen molar-refractivity contribution in [2.45, 2.75) is 4.90 Å². The SMILES string of the molecule is COc1ccc(S(=O)(=O)N2CCOCC2)cc1C(=O)Oc1ccc(Cl)c2ccccc12. The van der Waals surface area contributed by atoms with Gasteiger partial charge in [0.2, 0.25) is 10.0 Å². The van der Waals surface area contributed by atoms with Crippen LogP contribution in [0.4, 0.5) is 0 Å². The third-order valence-electron chi connectivity index (χ3n) is 5.03. The van der Waals surface area contributed by atoms with Crippen molar-refractivity contribution < 1.29 is 27.4 Å². The second-order valence-corrected chi connectivity index (χ2v) is 9.20. The molecule has 1 saturated heterocycles. The molecule has 3 aromatic rings. The zero-order valence-corrected chi connectivity index (χ0v) is 18.3. The predicted molar refractivity (Wildman–Crippen MR) is 116 cm³/mol. The number of nitrogens with zero attached hydrogens (tertiary/aromatic N) is 1. The molecular formula is C22H20ClNO6S. The van der Waals surface area contributed by atoms with Crippen LogP contribution in [0, 0.1) is 0 Å². The number of hydrogen-bond acceptors (Lipinski definition) is 6. The van der Waals surface area contributed by atoms with Gasteiger partial charge in [0.25, 0.3) is 0 Å². The molecule has 1 fully saturated rings. The number of morpholine rings is 1. The highest BCUT2D eigenvalue weighted by Gasteiger charge is 2.28. The van der Waals surface area contributed by atoms with Crippen LogP contribution in [0.2, 0.25) is 5.02 Å². The standard InChI is InChI=1S/C22H20ClNO6S/c1-28-20-8-6-15(31(26,27)24-10-12-29-13-11-24)14-18(20)22(25)30-21-9-7-19(23)16-4-2-3-5-17(16)21/h2-9,14H,10-13H2,1H3. The van der Waals surface area contributed by atoms with Crippen molar-refractivity contribution >= 4 is 38.4 Å². The number of carbonyl (C=O) groups excluding carboxylic acids is 1. The number of esters is 1. The van der Waals surface area contributed by atoms with E-state index in [4.69, 9.17) is 25.8 Å². The van der Waals surface area contributed by atoms with Gasteiger partial charge in [-0.05, 0) is 30.3 Å². The highest BCUT2D eigenvalue weighted by Crippen LogP contribution is 2.33. The number of ether oxygens (including phenoxy) is 3. The maximum Gasteiger partial charge on any atom is 0.347 e. The van der Waals surface area contributed by atoms with Crippen LogP contribution in [0.5, 0.6) is 11.5 Å². The molecule has 0 unspecified atom stereocenters. The van der Waals surface area contributed by atoms with E-state index in [1.807, 2.05) is 18.2 Å². The Kier molecular flexibility index (Phi) is 6.15. The fourth-order valence-corrected chi connectivity index (χ4v) is 5.08. The molecule has 0 atom stereocenters. The van der Waals surface area contributed by atoms with Crippen molar-refractivity contribution in [3.63, 3.8) is 0 Å². The van der Waals surface area contributed by atoms with Gasteiger partial charge in [0.1, 0.15) is 17.1 Å². The number of hydrogen-bond donors (Lipinski definition) is 0. The average molecular weight is 462 g/mol. The number of halogens is 1. The van der Waals surface area contributed by atoms with E-state index in [1.54, 1.807) is 18.2 Å². The number of fused-ring (bicyclic) bond motifs is 1. The summed E-state index contributed by atoms with van der Waals surface area (Å²) in [6.07, 6.45) is 0. The fraction of sp³-hybridized carbons (Fsp3) is 0.227. The van der Waals surface area contributed by atoms with Crippen LogP contribution in [0.25, 0.3) is 10.8 Å². The summed E-state index contributed by atoms with van der Waals surface area (Å²) in [5.41, 5.74) is 0.0101. The first kappa shape index (κ1) is 21.6. The fourth-order valence-electron chi connectivity index (χ4n) is 3.42. The van der Waals surface area contributed by atoms with Crippen LogP contribution in [0.15, 0.2) is 59.5 Å². The summed E-state index contributed by atoms with van der Waals surface area (Å²) in [6, 6.07) is 14.7. The first-order valence-corrected chi connectivity index (χ1v) is 11.4. The van der Waals surface area contributed by atoms with Crippen molar-refractivity contribution in [1.29, 1.82) is 0 Å². The lowest BCUT2D eigenvalue weighted by atomic mass is 10.1. The van der Waals surface area contributed by atoms with E-state index in [2.05, 4.69) is 0 Å². The molecule has 0 amide bonds. The summed E-state index contributed by atoms with van der Waals surface area (Å²) < 4.78 is 43.4. The summed E-state index contributed by atoms with van der Waals surface area (Å²) >= 11 is 6.23. The lowest BCUT2D eigenvalue weighted by molar-refractivity contribution is 0.0726. The molecule has 0 aromatic heterocycles. The van der Waals surface area contributed by atoms with Gasteiger partial charge in [-0.15, -0.1) is 0 Å². The molecule has 0 spiro atoms. The van der Waals surface area contributed by atoms with Gasteiger partial charge in [0, 0.05) is 28.9 Å². The molecule has 4 rings (SSSR count). The third kappa shape index (κ3) is 4.24. The lowest BCUT2D eigenvalue weighted by Crippen LogP contribution is -2.40. The van der Waals surface area contributed by atoms with Crippen LogP contribution >= 0.6 is 11.6 Å². The van der Waals surface area contributed by atoms with Gasteiger partial charge in [0.15, 0.2) is 0 Å². The number of benzene rings is 3. The Hall–Kier alpha value is -2.65. The molecule has 7 nitrogen and oxygen atoms in total. The molecule has 1 heterocycles. The summed E-state index contributed by atoms with van der Waals surface area (Å²) in [5.74, 6) is -0.207. The van der Waals surface area contributed by atoms with E-state index < -0.39 is 16.0 Å². The van der Waals surface area contributed by atoms with Crippen molar-refractivity contribution in [1.82, 2.24) is 4.31 Å². The Morgan fingerprint density at radius 3 is 2.39 bits per heavy atom. The van der Waals surface area contributed by atoms with Crippen molar-refractivity contribution in [2.24, 2.45) is 0 Å². The molecule has 0 bridgehead atoms. The quantitative estimate of drug-likeness (QED) is 0.425. The summed E-state index contributed by atoms with van der Waals surface area (Å²) in [7, 11) is -2.38. The van der Waals surface area contributed by atoms with E-state index in [1.165, 1.54) is 29.6 Å². The predicted octanol–water partition coefficient (Wildman–Crippen LogP) is 3.74. The van der Waals surface area contributed by atoms with Crippen molar-refractivity contribution in [3.8, 4) is 11.5 Å². The van der Waals surface area contributed by atoms with Gasteiger partial charge >= 0.3 is 5.97 Å². The molecule has 1 aliphatic heterocycles. The first-order chi connectivity index (χ1) is 14.9. The Morgan fingerprint density at radius 2 is 1.68 bits per heavy atom. The molecular weight excluding hydrogens is 442 g/mol. The van der Waals surface area contributed by atoms with Crippen LogP contribution < -0.4 is 9.47 Å². The highest BCUT2D eigenvalue weighted by molar-refractivity contribution is 7.89. The molecule has 0 N–H and O–H groups in total. The average Bonchev–Trinajstić information content (AvgIpc) is 2.81. The van der Waals surface area contributed by atoms with E-state index >= 15 is 0 Å². The number of sulfonamides is 1. The number of carbonyl (C=O) groups is 1. The summed E-state index contributed by atoms with van der Waals surface area (Å²) in [5, 5.41) is 1.94. The Morgan fingerprint density at radius 1 is 1.00 bits per heavy atom. The lowest BCUT2D eigenvalue weighted by Gasteiger charge is -2.26. The minimum Gasteiger partial charge on any atom is -0.496 e. The highest BCUT2D eigenvalue weighted by atomic mass is 35.5. The van der Waals surface area contributed by atoms with Gasteiger partial charge in [0.05, 0.1) is 25.2 Å². The van der Waals surface area contributed by atoms with Crippen molar-refractivity contribution in [3.05, 3.63) is 65.2 Å². The normalized spacial score (nSPS) is 15.0. The molecule has 31 heavy (non-hydrogen) atoms. The Labute approximate surface area is 185 Å². The van der Waals surface area contributed by atoms with Gasteiger partial charge in [-0.3, -0.25) is 0 Å². The molecule has 9 heteroatoms. The second kappa shape index (κ2) is 8.84. The van der Waals surface area contributed by atoms with Crippen LogP contribution in [0.1, 0.15) is 10.4 Å². The maximum absolute atomic E-state index is 13.0. The van der Waals surface area contributed by atoms with E-state index in [9.17, 15) is 13.2 Å². The van der Waals surface area contributed by atoms with Crippen molar-refractivity contribution in [2.75, 3.05) is 33.4 Å². The molecule has 0 aliphatic carbocycles. The van der Waals surface area contributed by atoms with E-state index in [0.29, 0.717) is 29.4 Å². The molecule has 0 radical (unpaired) electrons. The van der Waals surface area contributed by atoms with Crippen LogP contribution in [-0.4, -0.2) is 52.1 Å². The number of methoxy groups -OCH3 is 1. The molecule has 1 aliphatic rings. The Balaban J connectivity index is 1.70. The van der Waals surface area contributed by atoms with Gasteiger partial charge < -0.3 is 14.2 Å². The zero-order valence-electron chi connectivity index (χ0n) is 16.7. The maximum atomic E-state index is 13.0. The van der Waals surface area contributed by atoms with Crippen LogP contribution in [0.3, 0.4) is 0 Å². The minimum atomic E-state index is -3.78. The third-order valence-corrected chi connectivity index (χ3v) is 7.26. The molecule has 162 valence electrons. The summed E-state index contributed by atoms with van der Waals surface area (Å²) in [4.78, 5) is 13.0. The van der Waals surface area contributed by atoms with E-state index in [-0.39, 0.29) is 29.3 Å². The minimum absolute atomic E-state index is 0.0101.